The summed E-state index contributed by atoms with van der Waals surface area (Å²) >= 11 is 0. The van der Waals surface area contributed by atoms with Crippen LogP contribution < -0.4 is 20.3 Å². The number of fused-ring (bicyclic) bond motifs is 1. The van der Waals surface area contributed by atoms with Crippen molar-refractivity contribution in [2.24, 2.45) is 5.41 Å². The van der Waals surface area contributed by atoms with Crippen molar-refractivity contribution in [1.29, 1.82) is 0 Å². The second-order valence-corrected chi connectivity index (χ2v) is 9.73. The molecule has 2 N–H and O–H groups in total. The minimum absolute atomic E-state index is 0.0576. The number of carbonyl (C=O) groups excluding carboxylic acids is 2. The van der Waals surface area contributed by atoms with E-state index in [4.69, 9.17) is 4.74 Å². The molecule has 174 valence electrons. The first-order valence-electron chi connectivity index (χ1n) is 11.6. The van der Waals surface area contributed by atoms with Gasteiger partial charge in [0.05, 0.1) is 31.1 Å². The first kappa shape index (κ1) is 22.9. The molecule has 0 saturated heterocycles. The Morgan fingerprint density at radius 3 is 2.61 bits per heavy atom. The maximum Gasteiger partial charge on any atom is 0.239 e. The molecule has 2 aromatic rings. The van der Waals surface area contributed by atoms with E-state index in [-0.39, 0.29) is 29.7 Å². The lowest BCUT2D eigenvalue weighted by Crippen LogP contribution is -2.45. The van der Waals surface area contributed by atoms with Gasteiger partial charge in [-0.25, -0.2) is 0 Å². The Bertz CT molecular complexity index is 1070. The number of amides is 1. The molecular weight excluding hydrogens is 414 g/mol. The van der Waals surface area contributed by atoms with Gasteiger partial charge < -0.3 is 20.3 Å². The van der Waals surface area contributed by atoms with Crippen molar-refractivity contribution in [2.75, 3.05) is 30.4 Å². The fourth-order valence-corrected chi connectivity index (χ4v) is 4.86. The lowest BCUT2D eigenvalue weighted by Gasteiger charge is -2.36. The van der Waals surface area contributed by atoms with Gasteiger partial charge in [-0.05, 0) is 55.0 Å². The van der Waals surface area contributed by atoms with Crippen molar-refractivity contribution in [3.05, 3.63) is 65.4 Å². The number of carbonyl (C=O) groups is 2. The summed E-state index contributed by atoms with van der Waals surface area (Å²) in [6, 6.07) is 15.6. The molecule has 0 spiro atoms. The zero-order chi connectivity index (χ0) is 23.6. The number of allylic oxidation sites excluding steroid dienone is 1. The molecule has 1 amide bonds. The second kappa shape index (κ2) is 9.30. The number of nitrogens with zero attached hydrogens (tertiary/aromatic N) is 1. The van der Waals surface area contributed by atoms with Crippen molar-refractivity contribution in [3.8, 4) is 5.75 Å². The Morgan fingerprint density at radius 2 is 1.88 bits per heavy atom. The third-order valence-corrected chi connectivity index (χ3v) is 6.51. The molecule has 4 rings (SSSR count). The van der Waals surface area contributed by atoms with Crippen molar-refractivity contribution in [1.82, 2.24) is 5.32 Å². The summed E-state index contributed by atoms with van der Waals surface area (Å²) in [7, 11) is 1.65. The van der Waals surface area contributed by atoms with Gasteiger partial charge in [-0.2, -0.15) is 0 Å². The molecule has 0 saturated carbocycles. The Morgan fingerprint density at radius 1 is 1.15 bits per heavy atom. The van der Waals surface area contributed by atoms with Crippen molar-refractivity contribution in [3.63, 3.8) is 0 Å². The van der Waals surface area contributed by atoms with Crippen LogP contribution in [0.25, 0.3) is 0 Å². The van der Waals surface area contributed by atoms with E-state index in [1.807, 2.05) is 60.4 Å². The summed E-state index contributed by atoms with van der Waals surface area (Å²) < 4.78 is 5.19. The third kappa shape index (κ3) is 5.05. The number of hydrogen-bond acceptors (Lipinski definition) is 5. The standard InChI is InChI=1S/C27H33N3O3/c1-18-26-22(15-27(2,3)16-24(26)31)29-21-7-5-6-8-23(21)30(18)17-25(32)28-14-13-19-9-11-20(33-4)12-10-19/h5-12,18,29H,13-17H2,1-4H3,(H,28,32). The van der Waals surface area contributed by atoms with Crippen LogP contribution in [-0.4, -0.2) is 37.9 Å². The van der Waals surface area contributed by atoms with Gasteiger partial charge in [-0.15, -0.1) is 0 Å². The molecule has 0 fully saturated rings. The maximum atomic E-state index is 13.1. The van der Waals surface area contributed by atoms with E-state index in [0.29, 0.717) is 13.0 Å². The maximum absolute atomic E-state index is 13.1. The summed E-state index contributed by atoms with van der Waals surface area (Å²) in [5.41, 5.74) is 4.72. The van der Waals surface area contributed by atoms with Gasteiger partial charge in [0.1, 0.15) is 5.75 Å². The normalized spacial score (nSPS) is 19.2. The summed E-state index contributed by atoms with van der Waals surface area (Å²) in [6.45, 7) is 7.03. The number of methoxy groups -OCH3 is 1. The zero-order valence-corrected chi connectivity index (χ0v) is 19.9. The lowest BCUT2D eigenvalue weighted by molar-refractivity contribution is -0.120. The number of ketones is 1. The molecule has 1 aliphatic carbocycles. The fourth-order valence-electron chi connectivity index (χ4n) is 4.86. The summed E-state index contributed by atoms with van der Waals surface area (Å²) in [5.74, 6) is 0.927. The summed E-state index contributed by atoms with van der Waals surface area (Å²) in [5, 5.41) is 6.57. The summed E-state index contributed by atoms with van der Waals surface area (Å²) in [6.07, 6.45) is 2.08. The number of Topliss-reactive ketones (excluding diaryl/α,β-unsaturated/α-hetero) is 1. The van der Waals surface area contributed by atoms with Gasteiger partial charge in [-0.3, -0.25) is 9.59 Å². The Hall–Kier alpha value is -3.28. The zero-order valence-electron chi connectivity index (χ0n) is 19.9. The molecule has 1 unspecified atom stereocenters. The average Bonchev–Trinajstić information content (AvgIpc) is 2.88. The number of nitrogens with one attached hydrogen (secondary N) is 2. The Balaban J connectivity index is 1.49. The van der Waals surface area contributed by atoms with Crippen LogP contribution in [0.4, 0.5) is 11.4 Å². The van der Waals surface area contributed by atoms with Gasteiger partial charge >= 0.3 is 0 Å². The Kier molecular flexibility index (Phi) is 6.45. The highest BCUT2D eigenvalue weighted by Gasteiger charge is 2.39. The van der Waals surface area contributed by atoms with E-state index < -0.39 is 0 Å². The van der Waals surface area contributed by atoms with Crippen LogP contribution in [0, 0.1) is 5.41 Å². The third-order valence-electron chi connectivity index (χ3n) is 6.51. The topological polar surface area (TPSA) is 70.7 Å². The van der Waals surface area contributed by atoms with Crippen LogP contribution in [0.2, 0.25) is 0 Å². The van der Waals surface area contributed by atoms with Gasteiger partial charge in [0.15, 0.2) is 5.78 Å². The highest BCUT2D eigenvalue weighted by Crippen LogP contribution is 2.43. The number of rotatable bonds is 6. The first-order chi connectivity index (χ1) is 15.8. The largest absolute Gasteiger partial charge is 0.497 e. The van der Waals surface area contributed by atoms with Gasteiger partial charge in [0, 0.05) is 24.2 Å². The smallest absolute Gasteiger partial charge is 0.239 e. The quantitative estimate of drug-likeness (QED) is 0.690. The Labute approximate surface area is 196 Å². The highest BCUT2D eigenvalue weighted by molar-refractivity contribution is 6.01. The van der Waals surface area contributed by atoms with Crippen LogP contribution in [0.1, 0.15) is 39.2 Å². The van der Waals surface area contributed by atoms with Crippen molar-refractivity contribution >= 4 is 23.1 Å². The average molecular weight is 448 g/mol. The molecule has 0 radical (unpaired) electrons. The molecule has 6 heteroatoms. The molecule has 0 bridgehead atoms. The monoisotopic (exact) mass is 447 g/mol. The molecule has 1 heterocycles. The predicted octanol–water partition coefficient (Wildman–Crippen LogP) is 4.32. The number of benzene rings is 2. The number of para-hydroxylation sites is 2. The minimum atomic E-state index is -0.188. The van der Waals surface area contributed by atoms with Gasteiger partial charge in [0.25, 0.3) is 0 Å². The first-order valence-corrected chi connectivity index (χ1v) is 11.6. The molecule has 1 aliphatic heterocycles. The molecule has 2 aliphatic rings. The molecule has 33 heavy (non-hydrogen) atoms. The lowest BCUT2D eigenvalue weighted by atomic mass is 9.74. The van der Waals surface area contributed by atoms with Crippen LogP contribution >= 0.6 is 0 Å². The van der Waals surface area contributed by atoms with E-state index in [2.05, 4.69) is 24.5 Å². The molecule has 0 aromatic heterocycles. The molecular formula is C27H33N3O3. The van der Waals surface area contributed by atoms with Gasteiger partial charge in [0.2, 0.25) is 5.91 Å². The number of anilines is 2. The van der Waals surface area contributed by atoms with E-state index >= 15 is 0 Å². The minimum Gasteiger partial charge on any atom is -0.497 e. The number of ether oxygens (including phenoxy) is 1. The molecule has 6 nitrogen and oxygen atoms in total. The van der Waals surface area contributed by atoms with Crippen LogP contribution in [0.15, 0.2) is 59.8 Å². The number of hydrogen-bond donors (Lipinski definition) is 2. The van der Waals surface area contributed by atoms with E-state index in [9.17, 15) is 9.59 Å². The van der Waals surface area contributed by atoms with Gasteiger partial charge in [-0.1, -0.05) is 38.1 Å². The molecule has 1 atom stereocenters. The molecule has 2 aromatic carbocycles. The van der Waals surface area contributed by atoms with E-state index in [1.165, 1.54) is 0 Å². The SMILES string of the molecule is COc1ccc(CCNC(=O)CN2c3ccccc3NC3=C(C(=O)CC(C)(C)C3)C2C)cc1. The van der Waals surface area contributed by atoms with E-state index in [1.54, 1.807) is 7.11 Å². The van der Waals surface area contributed by atoms with Crippen LogP contribution in [-0.2, 0) is 16.0 Å². The highest BCUT2D eigenvalue weighted by atomic mass is 16.5. The van der Waals surface area contributed by atoms with E-state index in [0.717, 1.165) is 46.8 Å². The van der Waals surface area contributed by atoms with Crippen molar-refractivity contribution < 1.29 is 14.3 Å². The van der Waals surface area contributed by atoms with Crippen LogP contribution in [0.3, 0.4) is 0 Å². The van der Waals surface area contributed by atoms with Crippen molar-refractivity contribution in [2.45, 2.75) is 46.1 Å². The summed E-state index contributed by atoms with van der Waals surface area (Å²) in [4.78, 5) is 28.1. The fraction of sp³-hybridized carbons (Fsp3) is 0.407. The predicted molar refractivity (Wildman–Crippen MR) is 132 cm³/mol. The second-order valence-electron chi connectivity index (χ2n) is 9.73. The van der Waals surface area contributed by atoms with Crippen LogP contribution in [0.5, 0.6) is 5.75 Å².